The van der Waals surface area contributed by atoms with E-state index in [4.69, 9.17) is 14.2 Å². The first-order valence-electron chi connectivity index (χ1n) is 4.92. The van der Waals surface area contributed by atoms with Crippen molar-refractivity contribution in [2.24, 2.45) is 0 Å². The second-order valence-electron chi connectivity index (χ2n) is 3.15. The topological polar surface area (TPSA) is 53.5 Å². The van der Waals surface area contributed by atoms with Crippen molar-refractivity contribution in [2.45, 2.75) is 0 Å². The van der Waals surface area contributed by atoms with Crippen LogP contribution in [-0.4, -0.2) is 24.4 Å². The van der Waals surface area contributed by atoms with Crippen molar-refractivity contribution in [1.29, 1.82) is 0 Å². The van der Waals surface area contributed by atoms with Crippen LogP contribution in [0.15, 0.2) is 30.3 Å². The number of hydrogen-bond donors (Lipinski definition) is 0. The molecule has 0 N–H and O–H groups in total. The largest absolute Gasteiger partial charge is 0.496 e. The molecule has 17 heavy (non-hydrogen) atoms. The van der Waals surface area contributed by atoms with Gasteiger partial charge in [-0.1, -0.05) is 0 Å². The average Bonchev–Trinajstić information content (AvgIpc) is 2.39. The van der Waals surface area contributed by atoms with E-state index in [9.17, 15) is 0 Å². The molecule has 87 valence electrons. The molecule has 0 aliphatic carbocycles. The molecule has 5 heteroatoms. The maximum atomic E-state index is 5.51. The quantitative estimate of drug-likeness (QED) is 0.806. The Bertz CT molecular complexity index is 466. The summed E-state index contributed by atoms with van der Waals surface area (Å²) in [4.78, 5) is 0. The van der Waals surface area contributed by atoms with Crippen molar-refractivity contribution in [3.8, 4) is 23.1 Å². The van der Waals surface area contributed by atoms with E-state index in [1.165, 1.54) is 0 Å². The summed E-state index contributed by atoms with van der Waals surface area (Å²) in [5.41, 5.74) is 0. The van der Waals surface area contributed by atoms with Crippen LogP contribution in [0.2, 0.25) is 0 Å². The van der Waals surface area contributed by atoms with Gasteiger partial charge in [0, 0.05) is 24.3 Å². The van der Waals surface area contributed by atoms with E-state index in [1.54, 1.807) is 44.6 Å². The highest BCUT2D eigenvalue weighted by molar-refractivity contribution is 5.43. The van der Waals surface area contributed by atoms with Gasteiger partial charge in [-0.2, -0.15) is 0 Å². The minimum absolute atomic E-state index is 0.388. The number of rotatable bonds is 4. The number of nitrogens with zero attached hydrogens (tertiary/aromatic N) is 2. The first kappa shape index (κ1) is 11.2. The molecular formula is C12H11N2O3. The molecule has 0 aliphatic rings. The number of benzene rings is 1. The number of hydrogen-bond acceptors (Lipinski definition) is 5. The molecule has 2 aromatic rings. The van der Waals surface area contributed by atoms with E-state index in [0.717, 1.165) is 0 Å². The Labute approximate surface area is 99.0 Å². The summed E-state index contributed by atoms with van der Waals surface area (Å²) in [7, 11) is 3.16. The third-order valence-corrected chi connectivity index (χ3v) is 2.05. The van der Waals surface area contributed by atoms with Gasteiger partial charge in [-0.3, -0.25) is 0 Å². The van der Waals surface area contributed by atoms with Crippen molar-refractivity contribution >= 4 is 0 Å². The normalized spacial score (nSPS) is 9.76. The molecule has 0 amide bonds. The van der Waals surface area contributed by atoms with Gasteiger partial charge in [0.15, 0.2) is 0 Å². The molecule has 0 saturated carbocycles. The van der Waals surface area contributed by atoms with Crippen molar-refractivity contribution in [3.63, 3.8) is 0 Å². The summed E-state index contributed by atoms with van der Waals surface area (Å²) < 4.78 is 15.8. The highest BCUT2D eigenvalue weighted by Crippen LogP contribution is 2.29. The Morgan fingerprint density at radius 1 is 1.00 bits per heavy atom. The maximum absolute atomic E-state index is 5.51. The fraction of sp³-hybridized carbons (Fsp3) is 0.167. The summed E-state index contributed by atoms with van der Waals surface area (Å²) in [6.07, 6.45) is 2.57. The van der Waals surface area contributed by atoms with Gasteiger partial charge in [0.1, 0.15) is 23.4 Å². The zero-order chi connectivity index (χ0) is 12.1. The average molecular weight is 231 g/mol. The summed E-state index contributed by atoms with van der Waals surface area (Å²) >= 11 is 0. The lowest BCUT2D eigenvalue weighted by Crippen LogP contribution is -1.92. The molecule has 0 bridgehead atoms. The summed E-state index contributed by atoms with van der Waals surface area (Å²) in [5.74, 6) is 2.25. The summed E-state index contributed by atoms with van der Waals surface area (Å²) in [5, 5.41) is 7.38. The van der Waals surface area contributed by atoms with Gasteiger partial charge >= 0.3 is 0 Å². The first-order chi connectivity index (χ1) is 8.31. The van der Waals surface area contributed by atoms with Crippen LogP contribution in [0.3, 0.4) is 0 Å². The minimum atomic E-state index is 0.388. The van der Waals surface area contributed by atoms with Crippen LogP contribution in [0.25, 0.3) is 0 Å². The zero-order valence-corrected chi connectivity index (χ0v) is 9.51. The molecule has 0 atom stereocenters. The van der Waals surface area contributed by atoms with Crippen LogP contribution in [0.5, 0.6) is 23.1 Å². The minimum Gasteiger partial charge on any atom is -0.496 e. The lowest BCUT2D eigenvalue weighted by Gasteiger charge is -2.08. The molecule has 0 aliphatic heterocycles. The fourth-order valence-electron chi connectivity index (χ4n) is 1.27. The van der Waals surface area contributed by atoms with E-state index in [-0.39, 0.29) is 0 Å². The van der Waals surface area contributed by atoms with Gasteiger partial charge in [0.2, 0.25) is 5.88 Å². The van der Waals surface area contributed by atoms with Crippen molar-refractivity contribution in [2.75, 3.05) is 14.2 Å². The molecule has 0 saturated heterocycles. The Morgan fingerprint density at radius 2 is 1.65 bits per heavy atom. The van der Waals surface area contributed by atoms with E-state index in [1.807, 2.05) is 0 Å². The van der Waals surface area contributed by atoms with E-state index in [0.29, 0.717) is 23.1 Å². The maximum Gasteiger partial charge on any atom is 0.238 e. The third-order valence-electron chi connectivity index (χ3n) is 2.05. The van der Waals surface area contributed by atoms with Crippen LogP contribution in [0.1, 0.15) is 0 Å². The molecule has 1 radical (unpaired) electrons. The molecule has 1 aromatic carbocycles. The third kappa shape index (κ3) is 2.84. The predicted molar refractivity (Wildman–Crippen MR) is 60.5 cm³/mol. The van der Waals surface area contributed by atoms with Gasteiger partial charge in [-0.15, -0.1) is 10.2 Å². The molecule has 1 heterocycles. The number of ether oxygens (including phenoxy) is 3. The van der Waals surface area contributed by atoms with Crippen LogP contribution in [-0.2, 0) is 0 Å². The summed E-state index contributed by atoms with van der Waals surface area (Å²) in [6.45, 7) is 0. The van der Waals surface area contributed by atoms with Gasteiger partial charge in [-0.05, 0) is 6.07 Å². The first-order valence-corrected chi connectivity index (χ1v) is 4.92. The predicted octanol–water partition coefficient (Wildman–Crippen LogP) is 2.09. The van der Waals surface area contributed by atoms with Crippen LogP contribution in [0, 0.1) is 6.20 Å². The number of aromatic nitrogens is 2. The van der Waals surface area contributed by atoms with Crippen molar-refractivity contribution < 1.29 is 14.2 Å². The lowest BCUT2D eigenvalue weighted by molar-refractivity contribution is 0.384. The van der Waals surface area contributed by atoms with Crippen molar-refractivity contribution in [3.05, 3.63) is 36.5 Å². The second-order valence-corrected chi connectivity index (χ2v) is 3.15. The molecule has 0 unspecified atom stereocenters. The monoisotopic (exact) mass is 231 g/mol. The Hall–Kier alpha value is -2.30. The summed E-state index contributed by atoms with van der Waals surface area (Å²) in [6, 6.07) is 8.53. The number of methoxy groups -OCH3 is 2. The molecule has 0 spiro atoms. The van der Waals surface area contributed by atoms with E-state index >= 15 is 0 Å². The molecule has 2 rings (SSSR count). The van der Waals surface area contributed by atoms with Gasteiger partial charge in [-0.25, -0.2) is 0 Å². The van der Waals surface area contributed by atoms with E-state index < -0.39 is 0 Å². The fourth-order valence-corrected chi connectivity index (χ4v) is 1.27. The standard InChI is InChI=1S/C12H11N2O3/c1-15-9-6-10(16-2)8-11(7-9)17-12-4-3-5-13-14-12/h3-4,6-8H,1-2H3. The molecule has 5 nitrogen and oxygen atoms in total. The SMILES string of the molecule is COc1cc(OC)cc(Oc2cc[c]nn2)c1. The molecule has 1 aromatic heterocycles. The highest BCUT2D eigenvalue weighted by atomic mass is 16.5. The van der Waals surface area contributed by atoms with Crippen molar-refractivity contribution in [1.82, 2.24) is 10.2 Å². The Kier molecular flexibility index (Phi) is 3.40. The van der Waals surface area contributed by atoms with Gasteiger partial charge in [0.05, 0.1) is 14.2 Å². The second kappa shape index (κ2) is 5.16. The highest BCUT2D eigenvalue weighted by Gasteiger charge is 2.04. The van der Waals surface area contributed by atoms with E-state index in [2.05, 4.69) is 16.4 Å². The van der Waals surface area contributed by atoms with Crippen LogP contribution in [0.4, 0.5) is 0 Å². The molecule has 0 fully saturated rings. The lowest BCUT2D eigenvalue weighted by atomic mass is 10.3. The Balaban J connectivity index is 2.26. The Morgan fingerprint density at radius 3 is 2.18 bits per heavy atom. The zero-order valence-electron chi connectivity index (χ0n) is 9.51. The van der Waals surface area contributed by atoms with Crippen LogP contribution < -0.4 is 14.2 Å². The van der Waals surface area contributed by atoms with Gasteiger partial charge in [0.25, 0.3) is 0 Å². The smallest absolute Gasteiger partial charge is 0.238 e. The van der Waals surface area contributed by atoms with Gasteiger partial charge < -0.3 is 14.2 Å². The molecular weight excluding hydrogens is 220 g/mol. The van der Waals surface area contributed by atoms with Crippen LogP contribution >= 0.6 is 0 Å².